The fourth-order valence-corrected chi connectivity index (χ4v) is 7.73. The highest BCUT2D eigenvalue weighted by Crippen LogP contribution is 2.45. The number of hydrogen-bond acceptors (Lipinski definition) is 7. The van der Waals surface area contributed by atoms with Crippen molar-refractivity contribution >= 4 is 44.0 Å². The van der Waals surface area contributed by atoms with Gasteiger partial charge >= 0.3 is 0 Å². The first-order valence-corrected chi connectivity index (χ1v) is 16.2. The fraction of sp³-hybridized carbons (Fsp3) is 0.400. The minimum absolute atomic E-state index is 0.0515. The lowest BCUT2D eigenvalue weighted by Crippen LogP contribution is -2.51. The quantitative estimate of drug-likeness (QED) is 0.236. The number of hydrogen-bond donors (Lipinski definition) is 3. The van der Waals surface area contributed by atoms with E-state index >= 15 is 4.39 Å². The number of ether oxygens (including phenoxy) is 1. The average molecular weight is 611 g/mol. The smallest absolute Gasteiger partial charge is 0.263 e. The van der Waals surface area contributed by atoms with Gasteiger partial charge in [-0.3, -0.25) is 9.40 Å². The van der Waals surface area contributed by atoms with Crippen molar-refractivity contribution in [2.24, 2.45) is 0 Å². The first-order chi connectivity index (χ1) is 20.3. The number of aromatic nitrogens is 3. The number of nitrogen functional groups attached to an aromatic ring is 1. The number of nitrogens with one attached hydrogen (secondary N) is 2. The molecule has 1 aliphatic heterocycles. The molecular weight excluding hydrogens is 579 g/mol. The Balaban J connectivity index is 1.21. The Morgan fingerprint density at radius 1 is 1.02 bits per heavy atom. The number of rotatable bonds is 8. The number of nitrogens with zero attached hydrogens (tertiary/aromatic N) is 3. The predicted molar refractivity (Wildman–Crippen MR) is 161 cm³/mol. The summed E-state index contributed by atoms with van der Waals surface area (Å²) in [6.07, 6.45) is 8.16. The van der Waals surface area contributed by atoms with Crippen molar-refractivity contribution in [3.05, 3.63) is 65.1 Å². The molecular formula is C30H32ClFN6O3S. The average Bonchev–Trinajstić information content (AvgIpc) is 3.72. The van der Waals surface area contributed by atoms with Gasteiger partial charge in [0, 0.05) is 17.8 Å². The third kappa shape index (κ3) is 5.12. The molecule has 0 unspecified atom stereocenters. The Labute approximate surface area is 248 Å². The van der Waals surface area contributed by atoms with Gasteiger partial charge in [-0.25, -0.2) is 17.8 Å². The maximum absolute atomic E-state index is 15.4. The molecule has 7 rings (SSSR count). The molecule has 1 saturated heterocycles. The van der Waals surface area contributed by atoms with E-state index in [1.54, 1.807) is 18.2 Å². The van der Waals surface area contributed by atoms with E-state index in [4.69, 9.17) is 27.2 Å². The Kier molecular flexibility index (Phi) is 7.08. The van der Waals surface area contributed by atoms with Gasteiger partial charge in [-0.2, -0.15) is 5.10 Å². The van der Waals surface area contributed by atoms with Crippen LogP contribution in [0.1, 0.15) is 56.0 Å². The zero-order chi connectivity index (χ0) is 29.0. The molecule has 42 heavy (non-hydrogen) atoms. The molecule has 3 fully saturated rings. The molecule has 0 spiro atoms. The summed E-state index contributed by atoms with van der Waals surface area (Å²) in [6.45, 7) is 1.58. The highest BCUT2D eigenvalue weighted by molar-refractivity contribution is 7.92. The molecule has 9 nitrogen and oxygen atoms in total. The lowest BCUT2D eigenvalue weighted by molar-refractivity contribution is -0.0121. The number of sulfonamides is 1. The van der Waals surface area contributed by atoms with Crippen molar-refractivity contribution in [3.63, 3.8) is 0 Å². The monoisotopic (exact) mass is 610 g/mol. The van der Waals surface area contributed by atoms with Gasteiger partial charge in [-0.15, -0.1) is 0 Å². The van der Waals surface area contributed by atoms with Gasteiger partial charge in [-0.05, 0) is 74.3 Å². The Morgan fingerprint density at radius 2 is 1.79 bits per heavy atom. The number of nitrogens with two attached hydrogens (primary N) is 1. The summed E-state index contributed by atoms with van der Waals surface area (Å²) < 4.78 is 50.9. The van der Waals surface area contributed by atoms with E-state index in [0.717, 1.165) is 68.2 Å². The number of benzene rings is 2. The molecule has 2 aliphatic carbocycles. The second-order valence-corrected chi connectivity index (χ2v) is 13.6. The highest BCUT2D eigenvalue weighted by atomic mass is 35.5. The Bertz CT molecular complexity index is 1760. The molecule has 0 bridgehead atoms. The lowest BCUT2D eigenvalue weighted by Gasteiger charge is -2.35. The SMILES string of the molecule is Nc1ncc([C@H]2CC[C@H](NC3COC3)CC2)c2c1c(-c1ccc(NS(=O)(=O)c3ccccc3Cl)c(F)c1)nn2C1CC1. The van der Waals surface area contributed by atoms with Crippen molar-refractivity contribution in [1.82, 2.24) is 20.1 Å². The first kappa shape index (κ1) is 27.6. The minimum Gasteiger partial charge on any atom is -0.383 e. The molecule has 2 saturated carbocycles. The van der Waals surface area contributed by atoms with Gasteiger partial charge in [0.2, 0.25) is 0 Å². The second-order valence-electron chi connectivity index (χ2n) is 11.5. The van der Waals surface area contributed by atoms with Gasteiger partial charge in [-0.1, -0.05) is 29.8 Å². The summed E-state index contributed by atoms with van der Waals surface area (Å²) in [4.78, 5) is 4.45. The van der Waals surface area contributed by atoms with E-state index in [9.17, 15) is 8.42 Å². The number of fused-ring (bicyclic) bond motifs is 1. The van der Waals surface area contributed by atoms with Crippen LogP contribution >= 0.6 is 11.6 Å². The van der Waals surface area contributed by atoms with Crippen LogP contribution in [0, 0.1) is 5.82 Å². The second kappa shape index (κ2) is 10.8. The van der Waals surface area contributed by atoms with Crippen molar-refractivity contribution in [3.8, 4) is 11.3 Å². The fourth-order valence-electron chi connectivity index (χ4n) is 6.15. The van der Waals surface area contributed by atoms with E-state index in [1.165, 1.54) is 24.3 Å². The predicted octanol–water partition coefficient (Wildman–Crippen LogP) is 5.62. The van der Waals surface area contributed by atoms with Crippen LogP contribution in [0.2, 0.25) is 5.02 Å². The van der Waals surface area contributed by atoms with Crippen molar-refractivity contribution < 1.29 is 17.5 Å². The van der Waals surface area contributed by atoms with Crippen LogP contribution in [0.25, 0.3) is 22.2 Å². The standard InChI is InChI=1S/C30H32ClFN6O3S/c31-23-3-1-2-4-26(23)42(39,40)37-25-12-7-18(13-24(25)32)28-27-29(38(36-28)21-10-11-21)22(14-34-30(27)33)17-5-8-19(9-6-17)35-20-15-41-16-20/h1-4,7,12-14,17,19-21,35,37H,5-6,8-11,15-16H2,(H2,33,34)/t17-,19-. The van der Waals surface area contributed by atoms with Crippen molar-refractivity contribution in [2.75, 3.05) is 23.7 Å². The van der Waals surface area contributed by atoms with E-state index in [2.05, 4.69) is 19.7 Å². The van der Waals surface area contributed by atoms with E-state index in [1.807, 2.05) is 6.20 Å². The summed E-state index contributed by atoms with van der Waals surface area (Å²) >= 11 is 6.08. The van der Waals surface area contributed by atoms with E-state index < -0.39 is 15.8 Å². The van der Waals surface area contributed by atoms with Crippen LogP contribution in [-0.4, -0.2) is 48.5 Å². The summed E-state index contributed by atoms with van der Waals surface area (Å²) in [5.74, 6) is -0.0563. The third-order valence-corrected chi connectivity index (χ3v) is 10.4. The number of anilines is 2. The normalized spacial score (nSPS) is 21.4. The molecule has 4 aromatic rings. The van der Waals surface area contributed by atoms with Crippen molar-refractivity contribution in [2.45, 2.75) is 67.5 Å². The Morgan fingerprint density at radius 3 is 2.45 bits per heavy atom. The molecule has 2 aromatic carbocycles. The van der Waals surface area contributed by atoms with Gasteiger partial charge < -0.3 is 15.8 Å². The molecule has 3 heterocycles. The molecule has 2 aromatic heterocycles. The Hall–Kier alpha value is -3.25. The van der Waals surface area contributed by atoms with Crippen LogP contribution in [0.5, 0.6) is 0 Å². The van der Waals surface area contributed by atoms with Crippen LogP contribution in [-0.2, 0) is 14.8 Å². The molecule has 3 aliphatic rings. The summed E-state index contributed by atoms with van der Waals surface area (Å²) in [7, 11) is -4.09. The number of pyridine rings is 1. The molecule has 0 radical (unpaired) electrons. The first-order valence-electron chi connectivity index (χ1n) is 14.4. The van der Waals surface area contributed by atoms with E-state index in [-0.39, 0.29) is 21.6 Å². The molecule has 4 N–H and O–H groups in total. The highest BCUT2D eigenvalue weighted by Gasteiger charge is 2.33. The number of halogens is 2. The van der Waals surface area contributed by atoms with Crippen molar-refractivity contribution in [1.29, 1.82) is 0 Å². The molecule has 12 heteroatoms. The van der Waals surface area contributed by atoms with Crippen LogP contribution < -0.4 is 15.8 Å². The van der Waals surface area contributed by atoms with E-state index in [0.29, 0.717) is 35.1 Å². The summed E-state index contributed by atoms with van der Waals surface area (Å²) in [5, 5.41) is 9.44. The zero-order valence-corrected chi connectivity index (χ0v) is 24.5. The minimum atomic E-state index is -4.09. The van der Waals surface area contributed by atoms with Gasteiger partial charge in [0.1, 0.15) is 22.2 Å². The van der Waals surface area contributed by atoms with Gasteiger partial charge in [0.25, 0.3) is 10.0 Å². The molecule has 0 atom stereocenters. The van der Waals surface area contributed by atoms with Crippen LogP contribution in [0.3, 0.4) is 0 Å². The van der Waals surface area contributed by atoms with Crippen LogP contribution in [0.15, 0.2) is 53.6 Å². The zero-order valence-electron chi connectivity index (χ0n) is 22.9. The van der Waals surface area contributed by atoms with Crippen LogP contribution in [0.4, 0.5) is 15.9 Å². The lowest BCUT2D eigenvalue weighted by atomic mass is 9.81. The molecule has 220 valence electrons. The van der Waals surface area contributed by atoms with Gasteiger partial charge in [0.05, 0.1) is 46.9 Å². The maximum Gasteiger partial charge on any atom is 0.263 e. The third-order valence-electron chi connectivity index (χ3n) is 8.56. The summed E-state index contributed by atoms with van der Waals surface area (Å²) in [6, 6.07) is 11.6. The topological polar surface area (TPSA) is 124 Å². The maximum atomic E-state index is 15.4. The molecule has 0 amide bonds. The van der Waals surface area contributed by atoms with Gasteiger partial charge in [0.15, 0.2) is 0 Å². The summed E-state index contributed by atoms with van der Waals surface area (Å²) in [5.41, 5.74) is 9.45. The largest absolute Gasteiger partial charge is 0.383 e.